The molecule has 0 aliphatic carbocycles. The molecular weight excluding hydrogens is 406 g/mol. The Bertz CT molecular complexity index is 913. The third kappa shape index (κ3) is 5.32. The normalized spacial score (nSPS) is 21.8. The standard InChI is InChI=1S/C22H30ClN3O4/c1-12(2)9-14-17(11-24-18(14)21(27)30-22(3,4)5)29-20-19(23)25-15-8-7-13(28-6)10-16(15)26-20/h7-8,10,12,14,17-18,24H,9,11H2,1-6H3/t14-,17+,18?/m1/s1. The predicted octanol–water partition coefficient (Wildman–Crippen LogP) is 4.02. The van der Waals surface area contributed by atoms with Crippen LogP contribution in [0, 0.1) is 11.8 Å². The van der Waals surface area contributed by atoms with E-state index in [1.54, 1.807) is 25.3 Å². The van der Waals surface area contributed by atoms with Crippen LogP contribution in [-0.2, 0) is 9.53 Å². The Hall–Kier alpha value is -2.12. The highest BCUT2D eigenvalue weighted by atomic mass is 35.5. The Balaban J connectivity index is 1.85. The van der Waals surface area contributed by atoms with Crippen LogP contribution in [0.15, 0.2) is 18.2 Å². The molecule has 0 bridgehead atoms. The van der Waals surface area contributed by atoms with Crippen molar-refractivity contribution in [2.75, 3.05) is 13.7 Å². The molecule has 0 saturated carbocycles. The molecule has 0 spiro atoms. The molecule has 164 valence electrons. The fourth-order valence-electron chi connectivity index (χ4n) is 3.69. The van der Waals surface area contributed by atoms with Crippen molar-refractivity contribution in [1.82, 2.24) is 15.3 Å². The second-order valence-corrected chi connectivity index (χ2v) is 9.40. The molecule has 2 aromatic rings. The van der Waals surface area contributed by atoms with Crippen molar-refractivity contribution in [3.8, 4) is 11.6 Å². The van der Waals surface area contributed by atoms with E-state index in [9.17, 15) is 4.79 Å². The van der Waals surface area contributed by atoms with Gasteiger partial charge in [-0.25, -0.2) is 9.97 Å². The summed E-state index contributed by atoms with van der Waals surface area (Å²) in [6.07, 6.45) is 0.522. The molecule has 1 fully saturated rings. The Kier molecular flexibility index (Phi) is 6.72. The van der Waals surface area contributed by atoms with Gasteiger partial charge in [0.25, 0.3) is 5.88 Å². The Morgan fingerprint density at radius 2 is 2.00 bits per heavy atom. The minimum absolute atomic E-state index is 0.0706. The lowest BCUT2D eigenvalue weighted by molar-refractivity contribution is -0.158. The summed E-state index contributed by atoms with van der Waals surface area (Å²) in [5.74, 6) is 0.977. The Morgan fingerprint density at radius 3 is 2.63 bits per heavy atom. The van der Waals surface area contributed by atoms with E-state index in [4.69, 9.17) is 25.8 Å². The van der Waals surface area contributed by atoms with Gasteiger partial charge in [-0.2, -0.15) is 0 Å². The second-order valence-electron chi connectivity index (χ2n) is 9.04. The zero-order chi connectivity index (χ0) is 22.1. The average Bonchev–Trinajstić information content (AvgIpc) is 3.02. The number of fused-ring (bicyclic) bond motifs is 1. The number of esters is 1. The molecule has 3 atom stereocenters. The number of carbonyl (C=O) groups is 1. The first-order chi connectivity index (χ1) is 14.1. The van der Waals surface area contributed by atoms with Crippen LogP contribution in [0.25, 0.3) is 11.0 Å². The average molecular weight is 436 g/mol. The molecule has 7 nitrogen and oxygen atoms in total. The minimum Gasteiger partial charge on any atom is -0.497 e. The fraction of sp³-hybridized carbons (Fsp3) is 0.591. The number of halogens is 1. The molecule has 1 aliphatic heterocycles. The van der Waals surface area contributed by atoms with Crippen LogP contribution in [0.2, 0.25) is 5.15 Å². The van der Waals surface area contributed by atoms with Crippen LogP contribution in [0.5, 0.6) is 11.6 Å². The first-order valence-corrected chi connectivity index (χ1v) is 10.6. The largest absolute Gasteiger partial charge is 0.497 e. The number of carbonyl (C=O) groups excluding carboxylic acids is 1. The van der Waals surface area contributed by atoms with Crippen LogP contribution in [0.1, 0.15) is 41.0 Å². The second kappa shape index (κ2) is 8.94. The lowest BCUT2D eigenvalue weighted by Gasteiger charge is -2.27. The summed E-state index contributed by atoms with van der Waals surface area (Å²) < 4.78 is 17.1. The SMILES string of the molecule is COc1ccc2nc(Cl)c(O[C@H]3CNC(C(=O)OC(C)(C)C)[C@@H]3CC(C)C)nc2c1. The van der Waals surface area contributed by atoms with E-state index in [-0.39, 0.29) is 29.0 Å². The van der Waals surface area contributed by atoms with Gasteiger partial charge in [-0.05, 0) is 45.2 Å². The van der Waals surface area contributed by atoms with Crippen molar-refractivity contribution < 1.29 is 19.0 Å². The molecule has 1 aromatic carbocycles. The quantitative estimate of drug-likeness (QED) is 0.686. The molecule has 1 aliphatic rings. The number of aromatic nitrogens is 2. The van der Waals surface area contributed by atoms with Gasteiger partial charge in [-0.1, -0.05) is 25.4 Å². The van der Waals surface area contributed by atoms with Crippen LogP contribution in [0.3, 0.4) is 0 Å². The third-order valence-electron chi connectivity index (χ3n) is 4.91. The van der Waals surface area contributed by atoms with Crippen molar-refractivity contribution in [1.29, 1.82) is 0 Å². The van der Waals surface area contributed by atoms with Crippen molar-refractivity contribution in [2.45, 2.75) is 58.8 Å². The number of hydrogen-bond acceptors (Lipinski definition) is 7. The van der Waals surface area contributed by atoms with Crippen molar-refractivity contribution in [2.24, 2.45) is 11.8 Å². The van der Waals surface area contributed by atoms with Crippen molar-refractivity contribution >= 4 is 28.6 Å². The summed E-state index contributed by atoms with van der Waals surface area (Å²) in [4.78, 5) is 21.7. The van der Waals surface area contributed by atoms with Gasteiger partial charge in [-0.15, -0.1) is 0 Å². The van der Waals surface area contributed by atoms with E-state index in [0.29, 0.717) is 29.2 Å². The summed E-state index contributed by atoms with van der Waals surface area (Å²) >= 11 is 6.35. The van der Waals surface area contributed by atoms with E-state index < -0.39 is 11.6 Å². The maximum absolute atomic E-state index is 12.8. The fourth-order valence-corrected chi connectivity index (χ4v) is 3.86. The number of ether oxygens (including phenoxy) is 3. The summed E-state index contributed by atoms with van der Waals surface area (Å²) in [7, 11) is 1.60. The van der Waals surface area contributed by atoms with Gasteiger partial charge in [0.05, 0.1) is 18.1 Å². The molecule has 3 rings (SSSR count). The molecule has 1 aromatic heterocycles. The van der Waals surface area contributed by atoms with E-state index in [0.717, 1.165) is 6.42 Å². The lowest BCUT2D eigenvalue weighted by Crippen LogP contribution is -2.42. The van der Waals surface area contributed by atoms with Gasteiger partial charge in [0.1, 0.15) is 23.5 Å². The molecule has 0 amide bonds. The van der Waals surface area contributed by atoms with E-state index in [2.05, 4.69) is 29.1 Å². The van der Waals surface area contributed by atoms with E-state index in [1.807, 2.05) is 20.8 Å². The van der Waals surface area contributed by atoms with Crippen molar-refractivity contribution in [3.63, 3.8) is 0 Å². The Morgan fingerprint density at radius 1 is 1.27 bits per heavy atom. The smallest absolute Gasteiger partial charge is 0.324 e. The molecule has 1 saturated heterocycles. The van der Waals surface area contributed by atoms with Crippen LogP contribution < -0.4 is 14.8 Å². The van der Waals surface area contributed by atoms with Gasteiger partial charge in [0, 0.05) is 18.5 Å². The summed E-state index contributed by atoms with van der Waals surface area (Å²) in [6.45, 7) is 10.3. The van der Waals surface area contributed by atoms with Gasteiger partial charge in [-0.3, -0.25) is 4.79 Å². The number of nitrogens with one attached hydrogen (secondary N) is 1. The summed E-state index contributed by atoms with van der Waals surface area (Å²) in [6, 6.07) is 4.95. The third-order valence-corrected chi connectivity index (χ3v) is 5.16. The zero-order valence-electron chi connectivity index (χ0n) is 18.4. The van der Waals surface area contributed by atoms with E-state index >= 15 is 0 Å². The zero-order valence-corrected chi connectivity index (χ0v) is 19.1. The molecule has 2 heterocycles. The molecule has 1 unspecified atom stereocenters. The van der Waals surface area contributed by atoms with Crippen LogP contribution in [-0.4, -0.2) is 47.3 Å². The number of rotatable bonds is 6. The highest BCUT2D eigenvalue weighted by Gasteiger charge is 2.44. The van der Waals surface area contributed by atoms with Gasteiger partial charge >= 0.3 is 5.97 Å². The highest BCUT2D eigenvalue weighted by Crippen LogP contribution is 2.32. The first kappa shape index (κ1) is 22.6. The summed E-state index contributed by atoms with van der Waals surface area (Å²) in [5, 5.41) is 3.46. The van der Waals surface area contributed by atoms with Crippen LogP contribution in [0.4, 0.5) is 0 Å². The predicted molar refractivity (Wildman–Crippen MR) is 116 cm³/mol. The molecule has 30 heavy (non-hydrogen) atoms. The molecule has 1 N–H and O–H groups in total. The monoisotopic (exact) mass is 435 g/mol. The number of methoxy groups -OCH3 is 1. The van der Waals surface area contributed by atoms with Gasteiger partial charge in [0.2, 0.25) is 0 Å². The van der Waals surface area contributed by atoms with E-state index in [1.165, 1.54) is 0 Å². The Labute approximate surface area is 182 Å². The number of benzene rings is 1. The number of nitrogens with zero attached hydrogens (tertiary/aromatic N) is 2. The summed E-state index contributed by atoms with van der Waals surface area (Å²) in [5.41, 5.74) is 0.735. The minimum atomic E-state index is -0.549. The van der Waals surface area contributed by atoms with Gasteiger partial charge in [0.15, 0.2) is 5.15 Å². The van der Waals surface area contributed by atoms with Gasteiger partial charge < -0.3 is 19.5 Å². The number of hydrogen-bond donors (Lipinski definition) is 1. The topological polar surface area (TPSA) is 82.6 Å². The first-order valence-electron chi connectivity index (χ1n) is 10.2. The molecular formula is C22H30ClN3O4. The molecule has 0 radical (unpaired) electrons. The molecule has 8 heteroatoms. The lowest BCUT2D eigenvalue weighted by atomic mass is 9.89. The van der Waals surface area contributed by atoms with Crippen molar-refractivity contribution in [3.05, 3.63) is 23.4 Å². The highest BCUT2D eigenvalue weighted by molar-refractivity contribution is 6.31. The maximum atomic E-state index is 12.8. The van der Waals surface area contributed by atoms with Crippen LogP contribution >= 0.6 is 11.6 Å². The maximum Gasteiger partial charge on any atom is 0.324 e.